The van der Waals surface area contributed by atoms with E-state index in [0.717, 1.165) is 56.4 Å². The molecule has 2 atom stereocenters. The Hall–Kier alpha value is -2.52. The first-order chi connectivity index (χ1) is 18.7. The van der Waals surface area contributed by atoms with Crippen molar-refractivity contribution in [1.82, 2.24) is 14.9 Å². The summed E-state index contributed by atoms with van der Waals surface area (Å²) in [4.78, 5) is 27.3. The molecule has 0 spiro atoms. The van der Waals surface area contributed by atoms with E-state index in [1.165, 1.54) is 18.4 Å². The van der Waals surface area contributed by atoms with Gasteiger partial charge in [0.2, 0.25) is 0 Å². The van der Waals surface area contributed by atoms with E-state index in [9.17, 15) is 4.79 Å². The van der Waals surface area contributed by atoms with Crippen LogP contribution in [0.3, 0.4) is 0 Å². The maximum Gasteiger partial charge on any atom is 0.410 e. The average molecular weight is 612 g/mol. The van der Waals surface area contributed by atoms with Gasteiger partial charge in [-0.1, -0.05) is 49.0 Å². The van der Waals surface area contributed by atoms with E-state index < -0.39 is 5.60 Å². The normalized spacial score (nSPS) is 20.6. The Morgan fingerprint density at radius 2 is 1.90 bits per heavy atom. The van der Waals surface area contributed by atoms with Gasteiger partial charge in [0.15, 0.2) is 10.9 Å². The topological polar surface area (TPSA) is 67.8 Å². The number of halogens is 1. The van der Waals surface area contributed by atoms with Gasteiger partial charge in [-0.05, 0) is 84.8 Å². The van der Waals surface area contributed by atoms with Crippen LogP contribution >= 0.6 is 27.7 Å². The smallest absolute Gasteiger partial charge is 0.410 e. The number of rotatable bonds is 7. The molecule has 7 nitrogen and oxygen atoms in total. The maximum atomic E-state index is 12.9. The molecule has 39 heavy (non-hydrogen) atoms. The Morgan fingerprint density at radius 1 is 1.13 bits per heavy atom. The summed E-state index contributed by atoms with van der Waals surface area (Å²) in [7, 11) is 0. The lowest BCUT2D eigenvalue weighted by Gasteiger charge is -2.36. The van der Waals surface area contributed by atoms with E-state index in [0.29, 0.717) is 19.1 Å². The third-order valence-corrected chi connectivity index (χ3v) is 9.08. The number of thioether (sulfide) groups is 1. The molecular formula is C30H35BrN4O3S. The Morgan fingerprint density at radius 3 is 2.54 bits per heavy atom. The van der Waals surface area contributed by atoms with Crippen LogP contribution < -0.4 is 9.64 Å². The highest BCUT2D eigenvalue weighted by Crippen LogP contribution is 2.50. The van der Waals surface area contributed by atoms with Crippen LogP contribution in [0.1, 0.15) is 64.0 Å². The highest BCUT2D eigenvalue weighted by atomic mass is 79.9. The predicted octanol–water partition coefficient (Wildman–Crippen LogP) is 7.16. The fourth-order valence-electron chi connectivity index (χ4n) is 5.63. The number of ether oxygens (including phenoxy) is 2. The van der Waals surface area contributed by atoms with Gasteiger partial charge in [-0.2, -0.15) is 0 Å². The Balaban J connectivity index is 1.39. The largest absolute Gasteiger partial charge is 0.485 e. The van der Waals surface area contributed by atoms with Gasteiger partial charge in [0.05, 0.1) is 16.6 Å². The molecule has 3 aliphatic rings. The molecule has 3 heterocycles. The number of likely N-dealkylation sites (tertiary alicyclic amines) is 1. The number of hydrogen-bond donors (Lipinski definition) is 0. The number of carbonyl (C=O) groups is 1. The van der Waals surface area contributed by atoms with Crippen LogP contribution in [-0.2, 0) is 11.3 Å². The molecule has 2 bridgehead atoms. The van der Waals surface area contributed by atoms with Gasteiger partial charge in [-0.15, -0.1) is 0 Å². The van der Waals surface area contributed by atoms with Gasteiger partial charge >= 0.3 is 6.09 Å². The second-order valence-corrected chi connectivity index (χ2v) is 13.7. The first kappa shape index (κ1) is 26.7. The zero-order valence-electron chi connectivity index (χ0n) is 22.9. The Labute approximate surface area is 242 Å². The molecule has 206 valence electrons. The zero-order chi connectivity index (χ0) is 27.3. The molecule has 1 amide bonds. The van der Waals surface area contributed by atoms with Gasteiger partial charge in [0.25, 0.3) is 0 Å². The molecule has 0 radical (unpaired) electrons. The van der Waals surface area contributed by atoms with Crippen LogP contribution in [0.15, 0.2) is 46.0 Å². The zero-order valence-corrected chi connectivity index (χ0v) is 25.3. The molecule has 6 rings (SSSR count). The van der Waals surface area contributed by atoms with Gasteiger partial charge in [-0.3, -0.25) is 0 Å². The van der Waals surface area contributed by atoms with Crippen molar-refractivity contribution in [2.45, 2.75) is 82.3 Å². The maximum absolute atomic E-state index is 12.9. The molecule has 3 fully saturated rings. The molecular weight excluding hydrogens is 576 g/mol. The van der Waals surface area contributed by atoms with E-state index in [-0.39, 0.29) is 18.2 Å². The van der Waals surface area contributed by atoms with Crippen molar-refractivity contribution in [2.75, 3.05) is 23.7 Å². The van der Waals surface area contributed by atoms with Crippen molar-refractivity contribution in [3.8, 4) is 5.75 Å². The summed E-state index contributed by atoms with van der Waals surface area (Å²) < 4.78 is 13.2. The summed E-state index contributed by atoms with van der Waals surface area (Å²) in [6.45, 7) is 9.71. The van der Waals surface area contributed by atoms with E-state index in [1.807, 2.05) is 43.9 Å². The second-order valence-electron chi connectivity index (χ2n) is 11.6. The van der Waals surface area contributed by atoms with Crippen molar-refractivity contribution in [2.24, 2.45) is 0 Å². The molecule has 1 saturated carbocycles. The minimum absolute atomic E-state index is 0.115. The summed E-state index contributed by atoms with van der Waals surface area (Å²) in [5, 5.41) is 1.78. The minimum Gasteiger partial charge on any atom is -0.485 e. The first-order valence-electron chi connectivity index (χ1n) is 13.8. The van der Waals surface area contributed by atoms with E-state index in [4.69, 9.17) is 19.4 Å². The molecule has 3 aromatic rings. The number of anilines is 1. The summed E-state index contributed by atoms with van der Waals surface area (Å²) in [5.41, 5.74) is 2.73. The number of fused-ring (bicyclic) bond motifs is 3. The van der Waals surface area contributed by atoms with Gasteiger partial charge in [-0.25, -0.2) is 14.8 Å². The summed E-state index contributed by atoms with van der Waals surface area (Å²) >= 11 is 5.55. The lowest BCUT2D eigenvalue weighted by atomic mass is 10.1. The highest BCUT2D eigenvalue weighted by Gasteiger charge is 2.47. The lowest BCUT2D eigenvalue weighted by Crippen LogP contribution is -2.50. The third kappa shape index (κ3) is 5.44. The minimum atomic E-state index is -0.503. The molecule has 0 unspecified atom stereocenters. The van der Waals surface area contributed by atoms with Crippen molar-refractivity contribution < 1.29 is 14.3 Å². The van der Waals surface area contributed by atoms with Crippen molar-refractivity contribution in [3.63, 3.8) is 0 Å². The van der Waals surface area contributed by atoms with Crippen LogP contribution in [0.5, 0.6) is 5.75 Å². The molecule has 0 N–H and O–H groups in total. The quantitative estimate of drug-likeness (QED) is 0.208. The second kappa shape index (κ2) is 10.5. The Bertz CT molecular complexity index is 1390. The van der Waals surface area contributed by atoms with Crippen LogP contribution in [0, 0.1) is 0 Å². The van der Waals surface area contributed by atoms with E-state index >= 15 is 0 Å². The summed E-state index contributed by atoms with van der Waals surface area (Å²) in [6, 6.07) is 12.8. The van der Waals surface area contributed by atoms with Crippen molar-refractivity contribution in [1.29, 1.82) is 0 Å². The molecule has 2 aromatic carbocycles. The Kier molecular flexibility index (Phi) is 7.16. The number of carbonyl (C=O) groups excluding carboxylic acids is 1. The average Bonchev–Trinajstić information content (AvgIpc) is 3.53. The SMILES string of the molecule is CCSc1nc(N2C[C@@H]3C[C@H]2CN3C(=O)OC(C)(C)C)c2cc(C3CC3)c(Br)c(OCc3ccccc3)c2n1. The number of benzene rings is 2. The van der Waals surface area contributed by atoms with Crippen LogP contribution in [-0.4, -0.2) is 57.5 Å². The van der Waals surface area contributed by atoms with E-state index in [2.05, 4.69) is 46.0 Å². The van der Waals surface area contributed by atoms with Crippen molar-refractivity contribution in [3.05, 3.63) is 52.0 Å². The summed E-state index contributed by atoms with van der Waals surface area (Å²) in [6.07, 6.45) is 3.06. The fraction of sp³-hybridized carbons (Fsp3) is 0.500. The number of aromatic nitrogens is 2. The standard InChI is InChI=1S/C30H35BrN4O3S/c1-5-39-28-32-25-23(14-22(19-11-12-19)24(31)26(25)37-17-18-9-7-6-8-10-18)27(33-28)34-15-21-13-20(34)16-35(21)29(36)38-30(2,3)4/h6-10,14,19-21H,5,11-13,15-17H2,1-4H3/t20-,21-/m0/s1. The number of amides is 1. The van der Waals surface area contributed by atoms with E-state index in [1.54, 1.807) is 11.8 Å². The van der Waals surface area contributed by atoms with Crippen LogP contribution in [0.2, 0.25) is 0 Å². The summed E-state index contributed by atoms with van der Waals surface area (Å²) in [5.74, 6) is 3.15. The van der Waals surface area contributed by atoms with Gasteiger partial charge in [0, 0.05) is 18.5 Å². The molecule has 9 heteroatoms. The molecule has 1 aromatic heterocycles. The molecule has 1 aliphatic carbocycles. The fourth-order valence-corrected chi connectivity index (χ4v) is 6.94. The molecule has 2 saturated heterocycles. The van der Waals surface area contributed by atoms with Gasteiger partial charge < -0.3 is 19.3 Å². The van der Waals surface area contributed by atoms with Gasteiger partial charge in [0.1, 0.15) is 23.5 Å². The van der Waals surface area contributed by atoms with Crippen LogP contribution in [0.25, 0.3) is 10.9 Å². The first-order valence-corrected chi connectivity index (χ1v) is 15.6. The van der Waals surface area contributed by atoms with Crippen LogP contribution in [0.4, 0.5) is 10.6 Å². The monoisotopic (exact) mass is 610 g/mol. The number of nitrogens with zero attached hydrogens (tertiary/aromatic N) is 4. The molecule has 2 aliphatic heterocycles. The number of hydrogen-bond acceptors (Lipinski definition) is 7. The lowest BCUT2D eigenvalue weighted by molar-refractivity contribution is 0.0214. The van der Waals surface area contributed by atoms with Crippen molar-refractivity contribution >= 4 is 50.5 Å². The highest BCUT2D eigenvalue weighted by molar-refractivity contribution is 9.10. The third-order valence-electron chi connectivity index (χ3n) is 7.53. The number of piperazine rings is 1. The predicted molar refractivity (Wildman–Crippen MR) is 159 cm³/mol.